The summed E-state index contributed by atoms with van der Waals surface area (Å²) < 4.78 is 26.4. The van der Waals surface area contributed by atoms with Crippen molar-refractivity contribution in [3.63, 3.8) is 0 Å². The van der Waals surface area contributed by atoms with E-state index in [1.165, 1.54) is 11.2 Å². The third-order valence-electron chi connectivity index (χ3n) is 3.80. The van der Waals surface area contributed by atoms with E-state index in [1.807, 2.05) is 18.2 Å². The SMILES string of the molecule is CC(=O)N[C@H]1CCN(S(=O)(=O)Cc2ccccc2)CC[C@@H]1O. The number of nitrogens with one attached hydrogen (secondary N) is 1. The van der Waals surface area contributed by atoms with E-state index in [0.717, 1.165) is 5.56 Å². The molecule has 1 heterocycles. The average molecular weight is 326 g/mol. The number of aliphatic hydroxyl groups excluding tert-OH is 1. The minimum Gasteiger partial charge on any atom is -0.391 e. The molecule has 0 aliphatic carbocycles. The normalized spacial score (nSPS) is 23.7. The van der Waals surface area contributed by atoms with Gasteiger partial charge in [-0.15, -0.1) is 0 Å². The van der Waals surface area contributed by atoms with Crippen LogP contribution in [-0.2, 0) is 20.6 Å². The molecule has 1 fully saturated rings. The van der Waals surface area contributed by atoms with Crippen molar-refractivity contribution in [3.05, 3.63) is 35.9 Å². The van der Waals surface area contributed by atoms with Crippen LogP contribution in [0.25, 0.3) is 0 Å². The maximum absolute atomic E-state index is 12.5. The van der Waals surface area contributed by atoms with Crippen molar-refractivity contribution < 1.29 is 18.3 Å². The van der Waals surface area contributed by atoms with Crippen LogP contribution in [0.1, 0.15) is 25.3 Å². The average Bonchev–Trinajstić information content (AvgIpc) is 2.62. The van der Waals surface area contributed by atoms with Gasteiger partial charge in [-0.05, 0) is 18.4 Å². The maximum atomic E-state index is 12.5. The van der Waals surface area contributed by atoms with Crippen LogP contribution in [0, 0.1) is 0 Å². The summed E-state index contributed by atoms with van der Waals surface area (Å²) in [6.45, 7) is 1.96. The fraction of sp³-hybridized carbons (Fsp3) is 0.533. The summed E-state index contributed by atoms with van der Waals surface area (Å²) in [7, 11) is -3.43. The topological polar surface area (TPSA) is 86.7 Å². The highest BCUT2D eigenvalue weighted by molar-refractivity contribution is 7.88. The van der Waals surface area contributed by atoms with Crippen molar-refractivity contribution >= 4 is 15.9 Å². The number of carbonyl (C=O) groups excluding carboxylic acids is 1. The van der Waals surface area contributed by atoms with Gasteiger partial charge in [0.15, 0.2) is 0 Å². The summed E-state index contributed by atoms with van der Waals surface area (Å²) in [5.41, 5.74) is 0.741. The van der Waals surface area contributed by atoms with Crippen LogP contribution in [0.3, 0.4) is 0 Å². The van der Waals surface area contributed by atoms with E-state index in [-0.39, 0.29) is 18.2 Å². The molecule has 0 aromatic heterocycles. The third-order valence-corrected chi connectivity index (χ3v) is 5.65. The first-order chi connectivity index (χ1) is 10.4. The molecule has 2 N–H and O–H groups in total. The molecule has 2 atom stereocenters. The molecular weight excluding hydrogens is 304 g/mol. The number of hydrogen-bond acceptors (Lipinski definition) is 4. The molecule has 0 radical (unpaired) electrons. The van der Waals surface area contributed by atoms with Crippen molar-refractivity contribution in [1.29, 1.82) is 0 Å². The lowest BCUT2D eigenvalue weighted by Crippen LogP contribution is -2.42. The van der Waals surface area contributed by atoms with Crippen molar-refractivity contribution in [2.75, 3.05) is 13.1 Å². The Morgan fingerprint density at radius 3 is 2.55 bits per heavy atom. The summed E-state index contributed by atoms with van der Waals surface area (Å²) in [6, 6.07) is 8.63. The molecule has 1 aliphatic heterocycles. The van der Waals surface area contributed by atoms with E-state index >= 15 is 0 Å². The number of nitrogens with zero attached hydrogens (tertiary/aromatic N) is 1. The molecule has 0 unspecified atom stereocenters. The second kappa shape index (κ2) is 7.21. The fourth-order valence-corrected chi connectivity index (χ4v) is 4.21. The Morgan fingerprint density at radius 1 is 1.27 bits per heavy atom. The van der Waals surface area contributed by atoms with Crippen LogP contribution in [0.4, 0.5) is 0 Å². The van der Waals surface area contributed by atoms with Gasteiger partial charge in [-0.1, -0.05) is 30.3 Å². The third kappa shape index (κ3) is 4.53. The number of hydrogen-bond donors (Lipinski definition) is 2. The van der Waals surface area contributed by atoms with Crippen molar-refractivity contribution in [2.45, 2.75) is 37.7 Å². The smallest absolute Gasteiger partial charge is 0.218 e. The Balaban J connectivity index is 2.04. The monoisotopic (exact) mass is 326 g/mol. The summed E-state index contributed by atoms with van der Waals surface area (Å²) in [5.74, 6) is -0.265. The molecule has 0 spiro atoms. The van der Waals surface area contributed by atoms with Gasteiger partial charge < -0.3 is 10.4 Å². The molecule has 22 heavy (non-hydrogen) atoms. The number of sulfonamides is 1. The zero-order chi connectivity index (χ0) is 16.2. The molecule has 0 saturated carbocycles. The molecule has 7 heteroatoms. The van der Waals surface area contributed by atoms with Gasteiger partial charge in [0, 0.05) is 20.0 Å². The van der Waals surface area contributed by atoms with Crippen LogP contribution in [0.15, 0.2) is 30.3 Å². The minimum atomic E-state index is -3.43. The molecule has 122 valence electrons. The Kier molecular flexibility index (Phi) is 5.55. The summed E-state index contributed by atoms with van der Waals surface area (Å²) >= 11 is 0. The van der Waals surface area contributed by atoms with Gasteiger partial charge in [-0.3, -0.25) is 4.79 Å². The lowest BCUT2D eigenvalue weighted by Gasteiger charge is -2.20. The van der Waals surface area contributed by atoms with Gasteiger partial charge in [-0.2, -0.15) is 0 Å². The molecule has 1 saturated heterocycles. The van der Waals surface area contributed by atoms with Crippen molar-refractivity contribution in [2.24, 2.45) is 0 Å². The van der Waals surface area contributed by atoms with E-state index in [4.69, 9.17) is 0 Å². The van der Waals surface area contributed by atoms with E-state index in [1.54, 1.807) is 12.1 Å². The van der Waals surface area contributed by atoms with Crippen LogP contribution < -0.4 is 5.32 Å². The Hall–Kier alpha value is -1.44. The molecule has 2 rings (SSSR count). The first-order valence-corrected chi connectivity index (χ1v) is 8.96. The van der Waals surface area contributed by atoms with Crippen LogP contribution in [0.5, 0.6) is 0 Å². The predicted molar refractivity (Wildman–Crippen MR) is 83.5 cm³/mol. The fourth-order valence-electron chi connectivity index (χ4n) is 2.65. The number of aliphatic hydroxyl groups is 1. The first-order valence-electron chi connectivity index (χ1n) is 7.35. The van der Waals surface area contributed by atoms with Crippen LogP contribution in [0.2, 0.25) is 0 Å². The lowest BCUT2D eigenvalue weighted by atomic mass is 10.1. The highest BCUT2D eigenvalue weighted by atomic mass is 32.2. The number of carbonyl (C=O) groups is 1. The largest absolute Gasteiger partial charge is 0.391 e. The molecule has 1 amide bonds. The second-order valence-electron chi connectivity index (χ2n) is 5.59. The van der Waals surface area contributed by atoms with Gasteiger partial charge >= 0.3 is 0 Å². The van der Waals surface area contributed by atoms with Crippen molar-refractivity contribution in [1.82, 2.24) is 9.62 Å². The number of benzene rings is 1. The van der Waals surface area contributed by atoms with Crippen molar-refractivity contribution in [3.8, 4) is 0 Å². The number of rotatable bonds is 4. The summed E-state index contributed by atoms with van der Waals surface area (Å²) in [5, 5.41) is 12.7. The van der Waals surface area contributed by atoms with Gasteiger partial charge in [0.05, 0.1) is 17.9 Å². The molecular formula is C15H22N2O4S. The molecule has 1 aromatic rings. The first kappa shape index (κ1) is 16.9. The van der Waals surface area contributed by atoms with Gasteiger partial charge in [-0.25, -0.2) is 12.7 Å². The summed E-state index contributed by atoms with van der Waals surface area (Å²) in [6.07, 6.45) is 0.00844. The Morgan fingerprint density at radius 2 is 1.91 bits per heavy atom. The van der Waals surface area contributed by atoms with E-state index in [2.05, 4.69) is 5.32 Å². The summed E-state index contributed by atoms with van der Waals surface area (Å²) in [4.78, 5) is 11.1. The van der Waals surface area contributed by atoms with Gasteiger partial charge in [0.25, 0.3) is 0 Å². The maximum Gasteiger partial charge on any atom is 0.218 e. The minimum absolute atomic E-state index is 0.0469. The lowest BCUT2D eigenvalue weighted by molar-refractivity contribution is -0.120. The highest BCUT2D eigenvalue weighted by Crippen LogP contribution is 2.18. The van der Waals surface area contributed by atoms with Crippen LogP contribution >= 0.6 is 0 Å². The molecule has 1 aliphatic rings. The number of amides is 1. The molecule has 0 bridgehead atoms. The van der Waals surface area contributed by atoms with E-state index < -0.39 is 22.2 Å². The van der Waals surface area contributed by atoms with E-state index in [0.29, 0.717) is 19.4 Å². The Bertz CT molecular complexity index is 603. The standard InChI is InChI=1S/C15H22N2O4S/c1-12(18)16-14-7-9-17(10-8-15(14)19)22(20,21)11-13-5-3-2-4-6-13/h2-6,14-15,19H,7-11H2,1H3,(H,16,18)/t14-,15-/m0/s1. The van der Waals surface area contributed by atoms with Crippen LogP contribution in [-0.4, -0.2) is 49.0 Å². The highest BCUT2D eigenvalue weighted by Gasteiger charge is 2.30. The quantitative estimate of drug-likeness (QED) is 0.842. The molecule has 6 nitrogen and oxygen atoms in total. The van der Waals surface area contributed by atoms with Gasteiger partial charge in [0.1, 0.15) is 0 Å². The zero-order valence-corrected chi connectivity index (χ0v) is 13.4. The molecule has 1 aromatic carbocycles. The second-order valence-corrected chi connectivity index (χ2v) is 7.56. The van der Waals surface area contributed by atoms with Gasteiger partial charge in [0.2, 0.25) is 15.9 Å². The van der Waals surface area contributed by atoms with E-state index in [9.17, 15) is 18.3 Å². The Labute approximate surface area is 131 Å². The zero-order valence-electron chi connectivity index (χ0n) is 12.6. The predicted octanol–water partition coefficient (Wildman–Crippen LogP) is 0.478.